The van der Waals surface area contributed by atoms with E-state index in [1.165, 1.54) is 23.4 Å². The summed E-state index contributed by atoms with van der Waals surface area (Å²) in [4.78, 5) is 11.7. The van der Waals surface area contributed by atoms with Crippen LogP contribution in [0.3, 0.4) is 0 Å². The Morgan fingerprint density at radius 2 is 1.79 bits per heavy atom. The molecule has 1 heterocycles. The Labute approximate surface area is 139 Å². The summed E-state index contributed by atoms with van der Waals surface area (Å²) in [7, 11) is 1.39. The van der Waals surface area contributed by atoms with Gasteiger partial charge in [0.15, 0.2) is 0 Å². The van der Waals surface area contributed by atoms with E-state index in [4.69, 9.17) is 4.74 Å². The van der Waals surface area contributed by atoms with Crippen LogP contribution in [0.1, 0.15) is 15.9 Å². The summed E-state index contributed by atoms with van der Waals surface area (Å²) < 4.78 is 6.71. The van der Waals surface area contributed by atoms with Gasteiger partial charge in [0, 0.05) is 5.39 Å². The second-order valence-corrected chi connectivity index (χ2v) is 5.75. The zero-order chi connectivity index (χ0) is 16.5. The molecule has 0 aliphatic heterocycles. The predicted molar refractivity (Wildman–Crippen MR) is 94.1 cm³/mol. The SMILES string of the molecule is COC(=O)c1ccc2cnn(Cc3ccc4ccccc4c3)c2c1. The van der Waals surface area contributed by atoms with Crippen LogP contribution >= 0.6 is 0 Å². The highest BCUT2D eigenvalue weighted by Crippen LogP contribution is 2.20. The maximum absolute atomic E-state index is 11.7. The van der Waals surface area contributed by atoms with Crippen molar-refractivity contribution in [2.75, 3.05) is 7.11 Å². The molecule has 1 aromatic heterocycles. The van der Waals surface area contributed by atoms with Gasteiger partial charge in [-0.2, -0.15) is 5.10 Å². The number of hydrogen-bond donors (Lipinski definition) is 0. The number of hydrogen-bond acceptors (Lipinski definition) is 3. The third-order valence-electron chi connectivity index (χ3n) is 4.21. The van der Waals surface area contributed by atoms with Gasteiger partial charge in [-0.1, -0.05) is 42.5 Å². The Balaban J connectivity index is 1.73. The van der Waals surface area contributed by atoms with Crippen molar-refractivity contribution in [1.82, 2.24) is 9.78 Å². The highest BCUT2D eigenvalue weighted by Gasteiger charge is 2.10. The summed E-state index contributed by atoms with van der Waals surface area (Å²) in [6.07, 6.45) is 1.82. The monoisotopic (exact) mass is 316 g/mol. The van der Waals surface area contributed by atoms with Crippen LogP contribution in [0.25, 0.3) is 21.7 Å². The molecule has 0 saturated heterocycles. The van der Waals surface area contributed by atoms with E-state index in [9.17, 15) is 4.79 Å². The fourth-order valence-corrected chi connectivity index (χ4v) is 2.95. The van der Waals surface area contributed by atoms with Gasteiger partial charge in [0.2, 0.25) is 0 Å². The average Bonchev–Trinajstić information content (AvgIpc) is 3.03. The van der Waals surface area contributed by atoms with E-state index in [1.807, 2.05) is 35.1 Å². The molecule has 0 radical (unpaired) electrons. The van der Waals surface area contributed by atoms with E-state index in [0.717, 1.165) is 10.9 Å². The summed E-state index contributed by atoms with van der Waals surface area (Å²) in [6.45, 7) is 0.652. The number of esters is 1. The highest BCUT2D eigenvalue weighted by molar-refractivity contribution is 5.94. The van der Waals surface area contributed by atoms with Crippen molar-refractivity contribution in [3.8, 4) is 0 Å². The fourth-order valence-electron chi connectivity index (χ4n) is 2.95. The van der Waals surface area contributed by atoms with Crippen LogP contribution in [0.4, 0.5) is 0 Å². The van der Waals surface area contributed by atoms with Crippen molar-refractivity contribution in [3.63, 3.8) is 0 Å². The first-order valence-electron chi connectivity index (χ1n) is 7.76. The molecule has 4 aromatic rings. The minimum Gasteiger partial charge on any atom is -0.465 e. The lowest BCUT2D eigenvalue weighted by Crippen LogP contribution is -2.04. The molecule has 4 nitrogen and oxygen atoms in total. The van der Waals surface area contributed by atoms with Gasteiger partial charge in [-0.15, -0.1) is 0 Å². The number of fused-ring (bicyclic) bond motifs is 2. The van der Waals surface area contributed by atoms with Gasteiger partial charge in [0.05, 0.1) is 30.9 Å². The minimum atomic E-state index is -0.338. The topological polar surface area (TPSA) is 44.1 Å². The molecule has 118 valence electrons. The number of nitrogens with zero attached hydrogens (tertiary/aromatic N) is 2. The van der Waals surface area contributed by atoms with E-state index in [2.05, 4.69) is 35.4 Å². The van der Waals surface area contributed by atoms with Crippen LogP contribution in [0.2, 0.25) is 0 Å². The molecule has 0 amide bonds. The van der Waals surface area contributed by atoms with E-state index in [0.29, 0.717) is 12.1 Å². The summed E-state index contributed by atoms with van der Waals surface area (Å²) >= 11 is 0. The van der Waals surface area contributed by atoms with Gasteiger partial charge >= 0.3 is 5.97 Å². The standard InChI is InChI=1S/C20H16N2O2/c1-24-20(23)17-8-9-18-12-21-22(19(18)11-17)13-14-6-7-15-4-2-3-5-16(15)10-14/h2-12H,13H2,1H3. The molecule has 0 N–H and O–H groups in total. The van der Waals surface area contributed by atoms with Crippen LogP contribution in [0.15, 0.2) is 66.9 Å². The van der Waals surface area contributed by atoms with Crippen molar-refractivity contribution in [1.29, 1.82) is 0 Å². The molecule has 0 fully saturated rings. The second kappa shape index (κ2) is 5.81. The van der Waals surface area contributed by atoms with Crippen molar-refractivity contribution in [3.05, 3.63) is 78.0 Å². The first-order chi connectivity index (χ1) is 11.7. The molecule has 0 aliphatic rings. The number of benzene rings is 3. The summed E-state index contributed by atoms with van der Waals surface area (Å²) in [5.41, 5.74) is 2.62. The van der Waals surface area contributed by atoms with E-state index in [-0.39, 0.29) is 5.97 Å². The Kier molecular flexibility index (Phi) is 3.50. The van der Waals surface area contributed by atoms with Crippen LogP contribution in [0.5, 0.6) is 0 Å². The van der Waals surface area contributed by atoms with Crippen molar-refractivity contribution in [2.24, 2.45) is 0 Å². The number of carbonyl (C=O) groups is 1. The molecule has 4 heteroatoms. The zero-order valence-corrected chi connectivity index (χ0v) is 13.3. The van der Waals surface area contributed by atoms with Gasteiger partial charge < -0.3 is 4.74 Å². The van der Waals surface area contributed by atoms with Crippen LogP contribution in [0, 0.1) is 0 Å². The molecule has 0 bridgehead atoms. The van der Waals surface area contributed by atoms with Crippen molar-refractivity contribution in [2.45, 2.75) is 6.54 Å². The Morgan fingerprint density at radius 1 is 1.00 bits per heavy atom. The zero-order valence-electron chi connectivity index (χ0n) is 13.3. The molecule has 4 rings (SSSR count). The predicted octanol–water partition coefficient (Wildman–Crippen LogP) is 4.02. The number of methoxy groups -OCH3 is 1. The number of rotatable bonds is 3. The summed E-state index contributed by atoms with van der Waals surface area (Å²) in [5, 5.41) is 7.90. The quantitative estimate of drug-likeness (QED) is 0.536. The Bertz CT molecular complexity index is 1050. The smallest absolute Gasteiger partial charge is 0.337 e. The van der Waals surface area contributed by atoms with Gasteiger partial charge in [0.25, 0.3) is 0 Å². The third kappa shape index (κ3) is 2.52. The Morgan fingerprint density at radius 3 is 2.62 bits per heavy atom. The van der Waals surface area contributed by atoms with Gasteiger partial charge in [-0.25, -0.2) is 4.79 Å². The van der Waals surface area contributed by atoms with E-state index >= 15 is 0 Å². The Hall–Kier alpha value is -3.14. The normalized spacial score (nSPS) is 11.0. The molecule has 0 spiro atoms. The first kappa shape index (κ1) is 14.5. The molecule has 3 aromatic carbocycles. The fraction of sp³-hybridized carbons (Fsp3) is 0.100. The lowest BCUT2D eigenvalue weighted by molar-refractivity contribution is 0.0601. The van der Waals surface area contributed by atoms with Crippen molar-refractivity contribution < 1.29 is 9.53 Å². The maximum Gasteiger partial charge on any atom is 0.337 e. The molecule has 0 saturated carbocycles. The van der Waals surface area contributed by atoms with Gasteiger partial charge in [-0.3, -0.25) is 4.68 Å². The van der Waals surface area contributed by atoms with Crippen LogP contribution in [-0.4, -0.2) is 22.9 Å². The average molecular weight is 316 g/mol. The molecular weight excluding hydrogens is 300 g/mol. The number of ether oxygens (including phenoxy) is 1. The lowest BCUT2D eigenvalue weighted by atomic mass is 10.1. The molecule has 0 atom stereocenters. The second-order valence-electron chi connectivity index (χ2n) is 5.75. The lowest BCUT2D eigenvalue weighted by Gasteiger charge is -2.07. The van der Waals surface area contributed by atoms with Gasteiger partial charge in [0.1, 0.15) is 0 Å². The number of carbonyl (C=O) groups excluding carboxylic acids is 1. The third-order valence-corrected chi connectivity index (χ3v) is 4.21. The van der Waals surface area contributed by atoms with E-state index < -0.39 is 0 Å². The van der Waals surface area contributed by atoms with Crippen LogP contribution < -0.4 is 0 Å². The molecule has 0 aliphatic carbocycles. The van der Waals surface area contributed by atoms with Crippen LogP contribution in [-0.2, 0) is 11.3 Å². The van der Waals surface area contributed by atoms with Crippen molar-refractivity contribution >= 4 is 27.6 Å². The van der Waals surface area contributed by atoms with E-state index in [1.54, 1.807) is 6.07 Å². The molecule has 24 heavy (non-hydrogen) atoms. The summed E-state index contributed by atoms with van der Waals surface area (Å²) in [6, 6.07) is 20.2. The minimum absolute atomic E-state index is 0.338. The van der Waals surface area contributed by atoms with Gasteiger partial charge in [-0.05, 0) is 34.5 Å². The summed E-state index contributed by atoms with van der Waals surface area (Å²) in [5.74, 6) is -0.338. The molecular formula is C20H16N2O2. The number of aromatic nitrogens is 2. The first-order valence-corrected chi connectivity index (χ1v) is 7.76. The largest absolute Gasteiger partial charge is 0.465 e. The highest BCUT2D eigenvalue weighted by atomic mass is 16.5. The maximum atomic E-state index is 11.7. The molecule has 0 unspecified atom stereocenters.